The zero-order chi connectivity index (χ0) is 11.1. The Balaban J connectivity index is 2.36. The quantitative estimate of drug-likeness (QED) is 0.743. The second-order valence-corrected chi connectivity index (χ2v) is 4.91. The van der Waals surface area contributed by atoms with Crippen molar-refractivity contribution in [2.24, 2.45) is 0 Å². The lowest BCUT2D eigenvalue weighted by molar-refractivity contribution is 0.532. The average Bonchev–Trinajstić information content (AvgIpc) is 1.97. The standard InChI is InChI=1S/C10H17N5/c1-10(2,3)7-12-8(11)14-9(13-7)15-5-4-6-15/h4-6H2,1-3H3,(H2,11,12,13,14). The van der Waals surface area contributed by atoms with Gasteiger partial charge in [-0.15, -0.1) is 0 Å². The van der Waals surface area contributed by atoms with Gasteiger partial charge in [-0.05, 0) is 6.42 Å². The van der Waals surface area contributed by atoms with Gasteiger partial charge in [0.15, 0.2) is 0 Å². The van der Waals surface area contributed by atoms with Gasteiger partial charge in [-0.2, -0.15) is 15.0 Å². The number of anilines is 2. The zero-order valence-electron chi connectivity index (χ0n) is 9.49. The van der Waals surface area contributed by atoms with Gasteiger partial charge < -0.3 is 10.6 Å². The Labute approximate surface area is 89.7 Å². The molecule has 1 saturated heterocycles. The summed E-state index contributed by atoms with van der Waals surface area (Å²) in [6.07, 6.45) is 1.20. The number of rotatable bonds is 1. The van der Waals surface area contributed by atoms with Crippen LogP contribution in [0.3, 0.4) is 0 Å². The predicted molar refractivity (Wildman–Crippen MR) is 59.8 cm³/mol. The maximum absolute atomic E-state index is 5.68. The highest BCUT2D eigenvalue weighted by atomic mass is 15.3. The lowest BCUT2D eigenvalue weighted by atomic mass is 9.96. The molecule has 15 heavy (non-hydrogen) atoms. The molecular formula is C10H17N5. The Kier molecular flexibility index (Phi) is 2.25. The minimum atomic E-state index is -0.0866. The van der Waals surface area contributed by atoms with E-state index in [1.165, 1.54) is 6.42 Å². The molecule has 0 saturated carbocycles. The van der Waals surface area contributed by atoms with Crippen LogP contribution in [0.4, 0.5) is 11.9 Å². The number of nitrogens with two attached hydrogens (primary N) is 1. The van der Waals surface area contributed by atoms with Crippen LogP contribution in [-0.2, 0) is 5.41 Å². The third kappa shape index (κ3) is 2.00. The zero-order valence-corrected chi connectivity index (χ0v) is 9.49. The molecule has 2 heterocycles. The third-order valence-corrected chi connectivity index (χ3v) is 2.45. The first kappa shape index (κ1) is 10.1. The molecule has 0 spiro atoms. The molecule has 0 bridgehead atoms. The van der Waals surface area contributed by atoms with E-state index in [1.807, 2.05) is 0 Å². The van der Waals surface area contributed by atoms with Crippen molar-refractivity contribution in [3.63, 3.8) is 0 Å². The van der Waals surface area contributed by atoms with Gasteiger partial charge in [-0.25, -0.2) is 0 Å². The van der Waals surface area contributed by atoms with Crippen LogP contribution in [0.25, 0.3) is 0 Å². The molecule has 1 aromatic rings. The summed E-state index contributed by atoms with van der Waals surface area (Å²) in [5, 5.41) is 0. The molecular weight excluding hydrogens is 190 g/mol. The smallest absolute Gasteiger partial charge is 0.230 e. The SMILES string of the molecule is CC(C)(C)c1nc(N)nc(N2CCC2)n1. The van der Waals surface area contributed by atoms with E-state index >= 15 is 0 Å². The number of hydrogen-bond acceptors (Lipinski definition) is 5. The van der Waals surface area contributed by atoms with E-state index in [4.69, 9.17) is 5.73 Å². The van der Waals surface area contributed by atoms with Crippen LogP contribution in [0.5, 0.6) is 0 Å². The molecule has 0 amide bonds. The Morgan fingerprint density at radius 1 is 1.13 bits per heavy atom. The van der Waals surface area contributed by atoms with Crippen molar-refractivity contribution >= 4 is 11.9 Å². The largest absolute Gasteiger partial charge is 0.368 e. The molecule has 1 aromatic heterocycles. The molecule has 0 unspecified atom stereocenters. The van der Waals surface area contributed by atoms with Crippen molar-refractivity contribution < 1.29 is 0 Å². The molecule has 1 fully saturated rings. The molecule has 82 valence electrons. The molecule has 0 radical (unpaired) electrons. The second kappa shape index (κ2) is 3.32. The molecule has 2 rings (SSSR count). The van der Waals surface area contributed by atoms with Crippen LogP contribution < -0.4 is 10.6 Å². The van der Waals surface area contributed by atoms with E-state index in [2.05, 4.69) is 40.6 Å². The van der Waals surface area contributed by atoms with E-state index < -0.39 is 0 Å². The minimum absolute atomic E-state index is 0.0866. The lowest BCUT2D eigenvalue weighted by Gasteiger charge is -2.31. The molecule has 0 atom stereocenters. The Morgan fingerprint density at radius 2 is 1.80 bits per heavy atom. The monoisotopic (exact) mass is 207 g/mol. The van der Waals surface area contributed by atoms with Crippen molar-refractivity contribution in [1.29, 1.82) is 0 Å². The van der Waals surface area contributed by atoms with Crippen molar-refractivity contribution in [2.75, 3.05) is 23.7 Å². The summed E-state index contributed by atoms with van der Waals surface area (Å²) in [5.74, 6) is 1.80. The van der Waals surface area contributed by atoms with Gasteiger partial charge in [-0.1, -0.05) is 20.8 Å². The fourth-order valence-electron chi connectivity index (χ4n) is 1.37. The average molecular weight is 207 g/mol. The fraction of sp³-hybridized carbons (Fsp3) is 0.700. The van der Waals surface area contributed by atoms with Crippen LogP contribution in [-0.4, -0.2) is 28.0 Å². The van der Waals surface area contributed by atoms with Gasteiger partial charge >= 0.3 is 0 Å². The minimum Gasteiger partial charge on any atom is -0.368 e. The first-order valence-electron chi connectivity index (χ1n) is 5.24. The normalized spacial score (nSPS) is 16.3. The summed E-state index contributed by atoms with van der Waals surface area (Å²) >= 11 is 0. The van der Waals surface area contributed by atoms with Crippen LogP contribution in [0.15, 0.2) is 0 Å². The summed E-state index contributed by atoms with van der Waals surface area (Å²) in [4.78, 5) is 14.9. The molecule has 1 aliphatic heterocycles. The van der Waals surface area contributed by atoms with E-state index in [0.717, 1.165) is 24.9 Å². The number of nitrogens with zero attached hydrogens (tertiary/aromatic N) is 4. The Bertz CT molecular complexity index is 365. The number of hydrogen-bond donors (Lipinski definition) is 1. The molecule has 5 heteroatoms. The van der Waals surface area contributed by atoms with E-state index in [-0.39, 0.29) is 5.41 Å². The summed E-state index contributed by atoms with van der Waals surface area (Å²) < 4.78 is 0. The highest BCUT2D eigenvalue weighted by Crippen LogP contribution is 2.22. The Morgan fingerprint density at radius 3 is 2.27 bits per heavy atom. The van der Waals surface area contributed by atoms with Gasteiger partial charge in [0.1, 0.15) is 5.82 Å². The lowest BCUT2D eigenvalue weighted by Crippen LogP contribution is -2.39. The molecule has 0 aliphatic carbocycles. The van der Waals surface area contributed by atoms with E-state index in [0.29, 0.717) is 5.95 Å². The van der Waals surface area contributed by atoms with Gasteiger partial charge in [0.2, 0.25) is 11.9 Å². The first-order chi connectivity index (χ1) is 6.97. The highest BCUT2D eigenvalue weighted by molar-refractivity contribution is 5.37. The molecule has 2 N–H and O–H groups in total. The highest BCUT2D eigenvalue weighted by Gasteiger charge is 2.23. The fourth-order valence-corrected chi connectivity index (χ4v) is 1.37. The van der Waals surface area contributed by atoms with Crippen molar-refractivity contribution in [2.45, 2.75) is 32.6 Å². The van der Waals surface area contributed by atoms with Crippen molar-refractivity contribution in [3.05, 3.63) is 5.82 Å². The predicted octanol–water partition coefficient (Wildman–Crippen LogP) is 0.961. The maximum atomic E-state index is 5.68. The van der Waals surface area contributed by atoms with E-state index in [1.54, 1.807) is 0 Å². The molecule has 0 aromatic carbocycles. The molecule has 5 nitrogen and oxygen atoms in total. The summed E-state index contributed by atoms with van der Waals surface area (Å²) in [5.41, 5.74) is 5.60. The van der Waals surface area contributed by atoms with Gasteiger partial charge in [0, 0.05) is 18.5 Å². The Hall–Kier alpha value is -1.39. The summed E-state index contributed by atoms with van der Waals surface area (Å²) in [6, 6.07) is 0. The third-order valence-electron chi connectivity index (χ3n) is 2.45. The summed E-state index contributed by atoms with van der Waals surface area (Å²) in [7, 11) is 0. The van der Waals surface area contributed by atoms with Crippen LogP contribution in [0.2, 0.25) is 0 Å². The van der Waals surface area contributed by atoms with Gasteiger partial charge in [-0.3, -0.25) is 0 Å². The van der Waals surface area contributed by atoms with Crippen LogP contribution >= 0.6 is 0 Å². The number of aromatic nitrogens is 3. The van der Waals surface area contributed by atoms with Crippen LogP contribution in [0.1, 0.15) is 33.0 Å². The molecule has 1 aliphatic rings. The number of nitrogen functional groups attached to an aromatic ring is 1. The van der Waals surface area contributed by atoms with Crippen molar-refractivity contribution in [1.82, 2.24) is 15.0 Å². The van der Waals surface area contributed by atoms with Crippen LogP contribution in [0, 0.1) is 0 Å². The topological polar surface area (TPSA) is 67.9 Å². The van der Waals surface area contributed by atoms with Crippen molar-refractivity contribution in [3.8, 4) is 0 Å². The van der Waals surface area contributed by atoms with Gasteiger partial charge in [0.25, 0.3) is 0 Å². The second-order valence-electron chi connectivity index (χ2n) is 4.91. The van der Waals surface area contributed by atoms with Gasteiger partial charge in [0.05, 0.1) is 0 Å². The summed E-state index contributed by atoms with van der Waals surface area (Å²) in [6.45, 7) is 8.26. The first-order valence-corrected chi connectivity index (χ1v) is 5.24. The maximum Gasteiger partial charge on any atom is 0.230 e. The van der Waals surface area contributed by atoms with E-state index in [9.17, 15) is 0 Å².